The van der Waals surface area contributed by atoms with E-state index < -0.39 is 0 Å². The van der Waals surface area contributed by atoms with E-state index >= 15 is 0 Å². The van der Waals surface area contributed by atoms with Gasteiger partial charge in [-0.1, -0.05) is 74.3 Å². The lowest BCUT2D eigenvalue weighted by Crippen LogP contribution is -2.42. The average Bonchev–Trinajstić information content (AvgIpc) is 2.76. The molecule has 154 valence electrons. The van der Waals surface area contributed by atoms with Crippen molar-refractivity contribution in [3.05, 3.63) is 105 Å². The first kappa shape index (κ1) is 20.4. The molecule has 3 aromatic carbocycles. The first-order chi connectivity index (χ1) is 15.1. The molecular formula is C26H20Br2N2O. The number of rotatable bonds is 4. The van der Waals surface area contributed by atoms with Crippen LogP contribution in [-0.2, 0) is 4.79 Å². The van der Waals surface area contributed by atoms with Crippen molar-refractivity contribution in [3.63, 3.8) is 0 Å². The molecule has 0 bridgehead atoms. The van der Waals surface area contributed by atoms with Crippen molar-refractivity contribution in [3.8, 4) is 0 Å². The van der Waals surface area contributed by atoms with Crippen molar-refractivity contribution in [1.82, 2.24) is 4.98 Å². The molecule has 1 fully saturated rings. The molecule has 0 radical (unpaired) electrons. The number of hydrogen-bond acceptors (Lipinski definition) is 2. The van der Waals surface area contributed by atoms with E-state index in [4.69, 9.17) is 0 Å². The lowest BCUT2D eigenvalue weighted by atomic mass is 9.59. The molecule has 1 aromatic heterocycles. The van der Waals surface area contributed by atoms with Crippen LogP contribution in [0, 0.1) is 5.92 Å². The summed E-state index contributed by atoms with van der Waals surface area (Å²) in [6, 6.07) is 26.5. The fourth-order valence-corrected chi connectivity index (χ4v) is 5.07. The van der Waals surface area contributed by atoms with Gasteiger partial charge in [-0.3, -0.25) is 9.78 Å². The zero-order chi connectivity index (χ0) is 21.4. The number of carbonyl (C=O) groups is 1. The van der Waals surface area contributed by atoms with Crippen LogP contribution >= 0.6 is 31.9 Å². The summed E-state index contributed by atoms with van der Waals surface area (Å²) in [6.07, 6.45) is 2.71. The molecule has 3 atom stereocenters. The first-order valence-electron chi connectivity index (χ1n) is 10.3. The summed E-state index contributed by atoms with van der Waals surface area (Å²) in [5, 5.41) is 4.21. The zero-order valence-electron chi connectivity index (χ0n) is 16.6. The molecule has 1 amide bonds. The molecule has 0 aliphatic heterocycles. The summed E-state index contributed by atoms with van der Waals surface area (Å²) < 4.78 is 2.09. The number of halogens is 2. The number of benzene rings is 3. The maximum Gasteiger partial charge on any atom is 0.228 e. The largest absolute Gasteiger partial charge is 0.324 e. The van der Waals surface area contributed by atoms with Gasteiger partial charge in [-0.25, -0.2) is 0 Å². The Balaban J connectivity index is 1.48. The number of anilines is 1. The van der Waals surface area contributed by atoms with Crippen LogP contribution in [0.15, 0.2) is 94.0 Å². The van der Waals surface area contributed by atoms with Crippen molar-refractivity contribution in [2.24, 2.45) is 5.92 Å². The minimum Gasteiger partial charge on any atom is -0.324 e. The Hall–Kier alpha value is -2.50. The molecule has 1 N–H and O–H groups in total. The molecule has 0 saturated heterocycles. The van der Waals surface area contributed by atoms with Crippen LogP contribution < -0.4 is 5.32 Å². The topological polar surface area (TPSA) is 42.0 Å². The Kier molecular flexibility index (Phi) is 5.63. The van der Waals surface area contributed by atoms with Gasteiger partial charge in [0.1, 0.15) is 0 Å². The summed E-state index contributed by atoms with van der Waals surface area (Å²) in [6.45, 7) is 0. The maximum atomic E-state index is 13.6. The highest BCUT2D eigenvalue weighted by Gasteiger charge is 2.47. The van der Waals surface area contributed by atoms with Gasteiger partial charge in [-0.15, -0.1) is 0 Å². The number of nitrogens with zero attached hydrogens (tertiary/aromatic N) is 1. The van der Waals surface area contributed by atoms with Crippen LogP contribution in [0.4, 0.5) is 5.69 Å². The number of nitrogens with one attached hydrogen (secondary N) is 1. The quantitative estimate of drug-likeness (QED) is 0.298. The number of carbonyl (C=O) groups excluding carboxylic acids is 1. The fourth-order valence-electron chi connectivity index (χ4n) is 4.54. The minimum absolute atomic E-state index is 0.0465. The van der Waals surface area contributed by atoms with Crippen molar-refractivity contribution >= 4 is 54.4 Å². The van der Waals surface area contributed by atoms with Gasteiger partial charge in [-0.05, 0) is 65.8 Å². The molecule has 1 saturated carbocycles. The Morgan fingerprint density at radius 3 is 2.00 bits per heavy atom. The van der Waals surface area contributed by atoms with Crippen LogP contribution in [-0.4, -0.2) is 10.9 Å². The molecular weight excluding hydrogens is 516 g/mol. The zero-order valence-corrected chi connectivity index (χ0v) is 19.8. The van der Waals surface area contributed by atoms with E-state index in [2.05, 4.69) is 66.4 Å². The minimum atomic E-state index is -0.138. The summed E-state index contributed by atoms with van der Waals surface area (Å²) >= 11 is 7.02. The smallest absolute Gasteiger partial charge is 0.228 e. The van der Waals surface area contributed by atoms with Gasteiger partial charge in [0.25, 0.3) is 0 Å². The summed E-state index contributed by atoms with van der Waals surface area (Å²) in [5.74, 6) is 0.279. The molecule has 31 heavy (non-hydrogen) atoms. The number of fused-ring (bicyclic) bond motifs is 1. The van der Waals surface area contributed by atoms with E-state index in [1.807, 2.05) is 54.6 Å². The van der Waals surface area contributed by atoms with Crippen molar-refractivity contribution in [2.75, 3.05) is 5.32 Å². The van der Waals surface area contributed by atoms with Crippen LogP contribution in [0.2, 0.25) is 0 Å². The number of amides is 1. The van der Waals surface area contributed by atoms with Gasteiger partial charge in [0.05, 0.1) is 17.1 Å². The lowest BCUT2D eigenvalue weighted by molar-refractivity contribution is -0.124. The van der Waals surface area contributed by atoms with Gasteiger partial charge >= 0.3 is 0 Å². The van der Waals surface area contributed by atoms with Crippen molar-refractivity contribution in [2.45, 2.75) is 18.3 Å². The molecule has 1 aliphatic rings. The Labute approximate surface area is 198 Å². The van der Waals surface area contributed by atoms with Gasteiger partial charge in [-0.2, -0.15) is 0 Å². The standard InChI is InChI=1S/C26H20Br2N2O/c27-19-10-6-16(7-11-19)21-15-22(17-8-12-20(28)13-9-17)24(21)26(31)30-23-5-1-3-18-4-2-14-29-25(18)23/h1-14,21-22,24H,15H2,(H,30,31)/t21-,22+,24?. The van der Waals surface area contributed by atoms with Crippen molar-refractivity contribution < 1.29 is 4.79 Å². The van der Waals surface area contributed by atoms with Crippen LogP contribution in [0.5, 0.6) is 0 Å². The highest BCUT2D eigenvalue weighted by Crippen LogP contribution is 2.53. The Morgan fingerprint density at radius 2 is 1.39 bits per heavy atom. The molecule has 5 heteroatoms. The number of hydrogen-bond donors (Lipinski definition) is 1. The summed E-state index contributed by atoms with van der Waals surface area (Å²) in [7, 11) is 0. The fraction of sp³-hybridized carbons (Fsp3) is 0.154. The van der Waals surface area contributed by atoms with Crippen LogP contribution in [0.3, 0.4) is 0 Å². The van der Waals surface area contributed by atoms with E-state index in [9.17, 15) is 4.79 Å². The summed E-state index contributed by atoms with van der Waals surface area (Å²) in [4.78, 5) is 18.1. The second kappa shape index (κ2) is 8.56. The highest BCUT2D eigenvalue weighted by atomic mass is 79.9. The number of pyridine rings is 1. The predicted molar refractivity (Wildman–Crippen MR) is 132 cm³/mol. The maximum absolute atomic E-state index is 13.6. The number of para-hydroxylation sites is 1. The van der Waals surface area contributed by atoms with E-state index in [1.54, 1.807) is 6.20 Å². The monoisotopic (exact) mass is 534 g/mol. The molecule has 1 aliphatic carbocycles. The molecule has 4 aromatic rings. The van der Waals surface area contributed by atoms with Gasteiger partial charge in [0.2, 0.25) is 5.91 Å². The first-order valence-corrected chi connectivity index (χ1v) is 11.8. The molecule has 5 rings (SSSR count). The van der Waals surface area contributed by atoms with Crippen LogP contribution in [0.25, 0.3) is 10.9 Å². The summed E-state index contributed by atoms with van der Waals surface area (Å²) in [5.41, 5.74) is 3.98. The third kappa shape index (κ3) is 4.04. The third-order valence-electron chi connectivity index (χ3n) is 6.16. The number of aromatic nitrogens is 1. The molecule has 1 unspecified atom stereocenters. The van der Waals surface area contributed by atoms with Crippen molar-refractivity contribution in [1.29, 1.82) is 0 Å². The Bertz CT molecular complexity index is 1180. The van der Waals surface area contributed by atoms with Gasteiger partial charge < -0.3 is 5.32 Å². The third-order valence-corrected chi connectivity index (χ3v) is 7.22. The second-order valence-corrected chi connectivity index (χ2v) is 9.78. The Morgan fingerprint density at radius 1 is 0.806 bits per heavy atom. The highest BCUT2D eigenvalue weighted by molar-refractivity contribution is 9.10. The van der Waals surface area contributed by atoms with Crippen LogP contribution in [0.1, 0.15) is 29.4 Å². The van der Waals surface area contributed by atoms with E-state index in [0.29, 0.717) is 0 Å². The predicted octanol–water partition coefficient (Wildman–Crippen LogP) is 7.29. The molecule has 1 heterocycles. The second-order valence-electron chi connectivity index (χ2n) is 7.95. The van der Waals surface area contributed by atoms with E-state index in [1.165, 1.54) is 11.1 Å². The SMILES string of the molecule is O=C(Nc1cccc2cccnc12)C1[C@@H](c2ccc(Br)cc2)C[C@H]1c1ccc(Br)cc1. The molecule has 3 nitrogen and oxygen atoms in total. The van der Waals surface area contributed by atoms with Gasteiger partial charge in [0, 0.05) is 20.5 Å². The lowest BCUT2D eigenvalue weighted by Gasteiger charge is -2.44. The average molecular weight is 536 g/mol. The molecule has 0 spiro atoms. The van der Waals surface area contributed by atoms with Gasteiger partial charge in [0.15, 0.2) is 0 Å². The normalized spacial score (nSPS) is 20.3. The van der Waals surface area contributed by atoms with E-state index in [-0.39, 0.29) is 23.7 Å². The van der Waals surface area contributed by atoms with E-state index in [0.717, 1.165) is 32.0 Å².